The molecule has 1 heterocycles. The number of hydrogen-bond acceptors (Lipinski definition) is 4. The van der Waals surface area contributed by atoms with Crippen molar-refractivity contribution in [3.63, 3.8) is 0 Å². The van der Waals surface area contributed by atoms with E-state index in [1.807, 2.05) is 48.8 Å². The molecular weight excluding hydrogens is 408 g/mol. The topological polar surface area (TPSA) is 52.1 Å². The van der Waals surface area contributed by atoms with Crippen molar-refractivity contribution in [2.75, 3.05) is 0 Å². The van der Waals surface area contributed by atoms with Gasteiger partial charge in [0.1, 0.15) is 5.75 Å². The molecule has 3 aromatic rings. The largest absolute Gasteiger partial charge is 0.427 e. The third-order valence-electron chi connectivity index (χ3n) is 5.49. The highest BCUT2D eigenvalue weighted by Gasteiger charge is 2.06. The van der Waals surface area contributed by atoms with Gasteiger partial charge < -0.3 is 4.74 Å². The van der Waals surface area contributed by atoms with Gasteiger partial charge in [-0.25, -0.2) is 9.97 Å². The Morgan fingerprint density at radius 1 is 0.818 bits per heavy atom. The van der Waals surface area contributed by atoms with Crippen LogP contribution in [0, 0.1) is 0 Å². The first-order chi connectivity index (χ1) is 16.2. The van der Waals surface area contributed by atoms with E-state index < -0.39 is 0 Å². The molecule has 1 aromatic heterocycles. The summed E-state index contributed by atoms with van der Waals surface area (Å²) >= 11 is 0. The Morgan fingerprint density at radius 2 is 1.45 bits per heavy atom. The molecule has 0 unspecified atom stereocenters. The Bertz CT molecular complexity index is 1010. The molecule has 0 saturated heterocycles. The van der Waals surface area contributed by atoms with Crippen molar-refractivity contribution in [1.82, 2.24) is 9.97 Å². The van der Waals surface area contributed by atoms with Crippen molar-refractivity contribution < 1.29 is 9.53 Å². The number of esters is 1. The fourth-order valence-electron chi connectivity index (χ4n) is 3.57. The van der Waals surface area contributed by atoms with E-state index in [1.54, 1.807) is 0 Å². The lowest BCUT2D eigenvalue weighted by Crippen LogP contribution is -2.07. The maximum atomic E-state index is 12.0. The molecule has 0 fully saturated rings. The minimum absolute atomic E-state index is 0.187. The van der Waals surface area contributed by atoms with Crippen molar-refractivity contribution in [3.05, 3.63) is 78.6 Å². The van der Waals surface area contributed by atoms with Crippen molar-refractivity contribution in [2.45, 2.75) is 65.2 Å². The Balaban J connectivity index is 1.54. The third-order valence-corrected chi connectivity index (χ3v) is 5.49. The van der Waals surface area contributed by atoms with Gasteiger partial charge in [0.25, 0.3) is 0 Å². The number of allylic oxidation sites excluding steroid dienone is 2. The van der Waals surface area contributed by atoms with Crippen LogP contribution in [0.2, 0.25) is 0 Å². The molecule has 2 aromatic carbocycles. The highest BCUT2D eigenvalue weighted by molar-refractivity contribution is 5.73. The maximum Gasteiger partial charge on any atom is 0.311 e. The van der Waals surface area contributed by atoms with Crippen molar-refractivity contribution in [2.24, 2.45) is 0 Å². The molecule has 0 aliphatic carbocycles. The fraction of sp³-hybridized carbons (Fsp3) is 0.345. The standard InChI is InChI=1S/C29H34N2O2/c1-3-5-7-8-10-12-28(32)33-27-19-17-25(18-20-27)24-13-15-26(16-14-24)29-30-21-23(22-31-29)11-9-6-4-2/h5,7,13-22H,3-4,6,8-12H2,1-2H3. The summed E-state index contributed by atoms with van der Waals surface area (Å²) in [4.78, 5) is 21.1. The second kappa shape index (κ2) is 13.3. The molecule has 0 atom stereocenters. The Kier molecular flexibility index (Phi) is 9.84. The first kappa shape index (κ1) is 24.4. The predicted octanol–water partition coefficient (Wildman–Crippen LogP) is 7.59. The van der Waals surface area contributed by atoms with Crippen LogP contribution in [0.5, 0.6) is 5.75 Å². The molecule has 33 heavy (non-hydrogen) atoms. The molecule has 172 valence electrons. The van der Waals surface area contributed by atoms with Crippen LogP contribution in [0.4, 0.5) is 0 Å². The predicted molar refractivity (Wildman–Crippen MR) is 135 cm³/mol. The van der Waals surface area contributed by atoms with Crippen LogP contribution in [0.1, 0.15) is 64.4 Å². The average Bonchev–Trinajstić information content (AvgIpc) is 2.85. The van der Waals surface area contributed by atoms with E-state index in [2.05, 4.69) is 48.1 Å². The maximum absolute atomic E-state index is 12.0. The van der Waals surface area contributed by atoms with Gasteiger partial charge in [0, 0.05) is 24.4 Å². The second-order valence-electron chi connectivity index (χ2n) is 8.22. The number of rotatable bonds is 12. The molecule has 0 amide bonds. The van der Waals surface area contributed by atoms with Crippen molar-refractivity contribution in [1.29, 1.82) is 0 Å². The number of benzene rings is 2. The lowest BCUT2D eigenvalue weighted by atomic mass is 10.0. The van der Waals surface area contributed by atoms with Gasteiger partial charge in [0.05, 0.1) is 0 Å². The van der Waals surface area contributed by atoms with Gasteiger partial charge in [-0.05, 0) is 60.9 Å². The number of aromatic nitrogens is 2. The SMILES string of the molecule is CCC=CCCCC(=O)Oc1ccc(-c2ccc(-c3ncc(CCCCC)cn3)cc2)cc1. The van der Waals surface area contributed by atoms with Gasteiger partial charge in [-0.1, -0.05) is 75.2 Å². The van der Waals surface area contributed by atoms with Crippen molar-refractivity contribution >= 4 is 5.97 Å². The van der Waals surface area contributed by atoms with E-state index in [9.17, 15) is 4.79 Å². The summed E-state index contributed by atoms with van der Waals surface area (Å²) in [6.45, 7) is 4.31. The zero-order chi connectivity index (χ0) is 23.3. The summed E-state index contributed by atoms with van der Waals surface area (Å²) in [5.41, 5.74) is 4.35. The van der Waals surface area contributed by atoms with Crippen LogP contribution in [0.25, 0.3) is 22.5 Å². The fourth-order valence-corrected chi connectivity index (χ4v) is 3.57. The lowest BCUT2D eigenvalue weighted by Gasteiger charge is -2.07. The summed E-state index contributed by atoms with van der Waals surface area (Å²) in [6.07, 6.45) is 16.0. The Morgan fingerprint density at radius 3 is 2.09 bits per heavy atom. The summed E-state index contributed by atoms with van der Waals surface area (Å²) in [5, 5.41) is 0. The average molecular weight is 443 g/mol. The minimum Gasteiger partial charge on any atom is -0.427 e. The summed E-state index contributed by atoms with van der Waals surface area (Å²) < 4.78 is 5.45. The minimum atomic E-state index is -0.187. The zero-order valence-corrected chi connectivity index (χ0v) is 19.8. The molecular formula is C29H34N2O2. The Hall–Kier alpha value is -3.27. The first-order valence-corrected chi connectivity index (χ1v) is 12.1. The zero-order valence-electron chi connectivity index (χ0n) is 19.8. The highest BCUT2D eigenvalue weighted by atomic mass is 16.5. The number of unbranched alkanes of at least 4 members (excludes halogenated alkanes) is 3. The second-order valence-corrected chi connectivity index (χ2v) is 8.22. The van der Waals surface area contributed by atoms with Gasteiger partial charge >= 0.3 is 5.97 Å². The van der Waals surface area contributed by atoms with E-state index >= 15 is 0 Å². The van der Waals surface area contributed by atoms with Crippen molar-refractivity contribution in [3.8, 4) is 28.3 Å². The molecule has 0 aliphatic heterocycles. The summed E-state index contributed by atoms with van der Waals surface area (Å²) in [5.74, 6) is 1.14. The number of nitrogens with zero attached hydrogens (tertiary/aromatic N) is 2. The number of ether oxygens (including phenoxy) is 1. The van der Waals surface area contributed by atoms with Gasteiger partial charge in [-0.2, -0.15) is 0 Å². The van der Waals surface area contributed by atoms with Gasteiger partial charge in [0.15, 0.2) is 5.82 Å². The van der Waals surface area contributed by atoms with E-state index in [4.69, 9.17) is 4.74 Å². The Labute approximate surface area is 197 Å². The van der Waals surface area contributed by atoms with Crippen LogP contribution in [0.3, 0.4) is 0 Å². The molecule has 0 bridgehead atoms. The molecule has 4 nitrogen and oxygen atoms in total. The molecule has 4 heteroatoms. The third kappa shape index (κ3) is 7.98. The van der Waals surface area contributed by atoms with Gasteiger partial charge in [-0.15, -0.1) is 0 Å². The van der Waals surface area contributed by atoms with E-state index in [1.165, 1.54) is 24.8 Å². The molecule has 0 N–H and O–H groups in total. The molecule has 0 radical (unpaired) electrons. The first-order valence-electron chi connectivity index (χ1n) is 12.1. The van der Waals surface area contributed by atoms with Crippen LogP contribution in [-0.2, 0) is 11.2 Å². The lowest BCUT2D eigenvalue weighted by molar-refractivity contribution is -0.134. The van der Waals surface area contributed by atoms with Crippen LogP contribution in [0.15, 0.2) is 73.1 Å². The smallest absolute Gasteiger partial charge is 0.311 e. The normalized spacial score (nSPS) is 11.1. The molecule has 0 saturated carbocycles. The number of hydrogen-bond donors (Lipinski definition) is 0. The van der Waals surface area contributed by atoms with E-state index in [0.717, 1.165) is 48.2 Å². The monoisotopic (exact) mass is 442 g/mol. The number of carbonyl (C=O) groups excluding carboxylic acids is 1. The van der Waals surface area contributed by atoms with Crippen LogP contribution < -0.4 is 4.74 Å². The number of aryl methyl sites for hydroxylation is 1. The quantitative estimate of drug-likeness (QED) is 0.125. The highest BCUT2D eigenvalue weighted by Crippen LogP contribution is 2.25. The molecule has 3 rings (SSSR count). The van der Waals surface area contributed by atoms with E-state index in [-0.39, 0.29) is 5.97 Å². The van der Waals surface area contributed by atoms with Gasteiger partial charge in [0.2, 0.25) is 0 Å². The molecule has 0 aliphatic rings. The molecule has 0 spiro atoms. The van der Waals surface area contributed by atoms with Gasteiger partial charge in [-0.3, -0.25) is 4.79 Å². The summed E-state index contributed by atoms with van der Waals surface area (Å²) in [7, 11) is 0. The van der Waals surface area contributed by atoms with Crippen LogP contribution >= 0.6 is 0 Å². The summed E-state index contributed by atoms with van der Waals surface area (Å²) in [6, 6.07) is 15.9. The van der Waals surface area contributed by atoms with Crippen LogP contribution in [-0.4, -0.2) is 15.9 Å². The number of carbonyl (C=O) groups is 1. The van der Waals surface area contributed by atoms with E-state index in [0.29, 0.717) is 12.2 Å².